The lowest BCUT2D eigenvalue weighted by atomic mass is 9.94. The normalized spacial score (nSPS) is 27.1. The number of rotatable bonds is 4. The number of hydrogen-bond donors (Lipinski definition) is 2. The predicted octanol–water partition coefficient (Wildman–Crippen LogP) is 2.95. The first kappa shape index (κ1) is 20.7. The summed E-state index contributed by atoms with van der Waals surface area (Å²) >= 11 is 6.23. The van der Waals surface area contributed by atoms with E-state index in [4.69, 9.17) is 16.3 Å². The molecule has 31 heavy (non-hydrogen) atoms. The van der Waals surface area contributed by atoms with Crippen molar-refractivity contribution in [2.45, 2.75) is 38.4 Å². The summed E-state index contributed by atoms with van der Waals surface area (Å²) in [4.78, 5) is 19.7. The highest BCUT2D eigenvalue weighted by Gasteiger charge is 2.40. The fraction of sp³-hybridized carbons (Fsp3) is 0.545. The largest absolute Gasteiger partial charge is 0.381 e. The van der Waals surface area contributed by atoms with Crippen molar-refractivity contribution in [1.82, 2.24) is 19.9 Å². The van der Waals surface area contributed by atoms with Gasteiger partial charge < -0.3 is 15.5 Å². The standard InChI is InChI=1S/C22H27ClFN5O2/c1-13-10-28(11-15-2-3-16(24)8-18(15)23)12-17(13)20-26-22(30)19-9-25-21(29(19)27-20)14-4-6-31-7-5-14/h2-3,8-9,13-14,17,20,27H,4-7,10-12H2,1H3,(H,26,30). The van der Waals surface area contributed by atoms with Crippen LogP contribution in [0.25, 0.3) is 0 Å². The number of hydrogen-bond acceptors (Lipinski definition) is 5. The van der Waals surface area contributed by atoms with E-state index < -0.39 is 0 Å². The van der Waals surface area contributed by atoms with Crippen LogP contribution in [0.15, 0.2) is 24.4 Å². The summed E-state index contributed by atoms with van der Waals surface area (Å²) in [5.74, 6) is 1.38. The number of carbonyl (C=O) groups is 1. The third-order valence-corrected chi connectivity index (χ3v) is 7.10. The van der Waals surface area contributed by atoms with Gasteiger partial charge in [0.2, 0.25) is 0 Å². The summed E-state index contributed by atoms with van der Waals surface area (Å²) in [6.07, 6.45) is 3.30. The molecule has 0 bridgehead atoms. The number of halogens is 2. The molecular formula is C22H27ClFN5O2. The number of likely N-dealkylation sites (tertiary alicyclic amines) is 1. The van der Waals surface area contributed by atoms with Crippen LogP contribution in [0.1, 0.15) is 47.6 Å². The van der Waals surface area contributed by atoms with Crippen molar-refractivity contribution in [3.8, 4) is 0 Å². The smallest absolute Gasteiger partial charge is 0.273 e. The second-order valence-corrected chi connectivity index (χ2v) is 9.28. The SMILES string of the molecule is CC1CN(Cc2ccc(F)cc2Cl)CC1C1NC(=O)c2cnc(C3CCOCC3)n2N1. The zero-order chi connectivity index (χ0) is 21.5. The number of ether oxygens (including phenoxy) is 1. The molecule has 1 aromatic heterocycles. The Balaban J connectivity index is 1.31. The average Bonchev–Trinajstić information content (AvgIpc) is 3.34. The van der Waals surface area contributed by atoms with Gasteiger partial charge in [-0.05, 0) is 36.5 Å². The summed E-state index contributed by atoms with van der Waals surface area (Å²) in [6, 6.07) is 4.54. The summed E-state index contributed by atoms with van der Waals surface area (Å²) < 4.78 is 20.7. The molecule has 2 aromatic rings. The maximum atomic E-state index is 13.4. The van der Waals surface area contributed by atoms with E-state index in [1.807, 2.05) is 4.68 Å². The first-order chi connectivity index (χ1) is 15.0. The molecule has 0 aliphatic carbocycles. The first-order valence-electron chi connectivity index (χ1n) is 10.9. The summed E-state index contributed by atoms with van der Waals surface area (Å²) in [5.41, 5.74) is 4.99. The number of carbonyl (C=O) groups excluding carboxylic acids is 1. The highest BCUT2D eigenvalue weighted by molar-refractivity contribution is 6.31. The van der Waals surface area contributed by atoms with E-state index in [1.165, 1.54) is 12.1 Å². The van der Waals surface area contributed by atoms with E-state index in [1.54, 1.807) is 12.3 Å². The van der Waals surface area contributed by atoms with Gasteiger partial charge in [0.25, 0.3) is 5.91 Å². The Morgan fingerprint density at radius 3 is 2.87 bits per heavy atom. The van der Waals surface area contributed by atoms with Crippen LogP contribution in [0.2, 0.25) is 5.02 Å². The Morgan fingerprint density at radius 2 is 2.10 bits per heavy atom. The van der Waals surface area contributed by atoms with Crippen LogP contribution in [-0.4, -0.2) is 52.9 Å². The number of aromatic nitrogens is 2. The van der Waals surface area contributed by atoms with Gasteiger partial charge in [0.1, 0.15) is 23.5 Å². The molecule has 3 aliphatic rings. The van der Waals surface area contributed by atoms with Crippen molar-refractivity contribution in [3.05, 3.63) is 52.3 Å². The zero-order valence-electron chi connectivity index (χ0n) is 17.5. The quantitative estimate of drug-likeness (QED) is 0.754. The zero-order valence-corrected chi connectivity index (χ0v) is 18.2. The van der Waals surface area contributed by atoms with E-state index in [9.17, 15) is 9.18 Å². The van der Waals surface area contributed by atoms with Crippen molar-refractivity contribution in [3.63, 3.8) is 0 Å². The van der Waals surface area contributed by atoms with Gasteiger partial charge in [0, 0.05) is 49.7 Å². The Hall–Kier alpha value is -2.16. The van der Waals surface area contributed by atoms with E-state index in [2.05, 4.69) is 27.6 Å². The third kappa shape index (κ3) is 4.04. The summed E-state index contributed by atoms with van der Waals surface area (Å²) in [6.45, 7) is 6.00. The van der Waals surface area contributed by atoms with Gasteiger partial charge >= 0.3 is 0 Å². The maximum Gasteiger partial charge on any atom is 0.273 e. The minimum Gasteiger partial charge on any atom is -0.381 e. The highest BCUT2D eigenvalue weighted by atomic mass is 35.5. The van der Waals surface area contributed by atoms with Crippen LogP contribution in [0.3, 0.4) is 0 Å². The molecule has 1 amide bonds. The Morgan fingerprint density at radius 1 is 1.29 bits per heavy atom. The Labute approximate surface area is 185 Å². The molecule has 1 aromatic carbocycles. The third-order valence-electron chi connectivity index (χ3n) is 6.75. The number of imidazole rings is 1. The Kier molecular flexibility index (Phi) is 5.62. The van der Waals surface area contributed by atoms with Crippen LogP contribution in [0.4, 0.5) is 4.39 Å². The van der Waals surface area contributed by atoms with Gasteiger partial charge in [-0.3, -0.25) is 9.69 Å². The van der Waals surface area contributed by atoms with E-state index in [0.29, 0.717) is 29.1 Å². The fourth-order valence-electron chi connectivity index (χ4n) is 5.04. The summed E-state index contributed by atoms with van der Waals surface area (Å²) in [7, 11) is 0. The van der Waals surface area contributed by atoms with E-state index >= 15 is 0 Å². The minimum atomic E-state index is -0.327. The molecule has 2 fully saturated rings. The number of benzene rings is 1. The average molecular weight is 448 g/mol. The number of nitrogens with one attached hydrogen (secondary N) is 2. The van der Waals surface area contributed by atoms with Gasteiger partial charge in [-0.1, -0.05) is 24.6 Å². The predicted molar refractivity (Wildman–Crippen MR) is 115 cm³/mol. The minimum absolute atomic E-state index is 0.0956. The second-order valence-electron chi connectivity index (χ2n) is 8.87. The monoisotopic (exact) mass is 447 g/mol. The second kappa shape index (κ2) is 8.41. The van der Waals surface area contributed by atoms with Gasteiger partial charge in [-0.25, -0.2) is 14.1 Å². The molecule has 2 N–H and O–H groups in total. The van der Waals surface area contributed by atoms with Crippen LogP contribution in [0.5, 0.6) is 0 Å². The molecule has 5 rings (SSSR count). The molecule has 2 saturated heterocycles. The van der Waals surface area contributed by atoms with Crippen molar-refractivity contribution in [2.75, 3.05) is 31.7 Å². The van der Waals surface area contributed by atoms with Crippen molar-refractivity contribution >= 4 is 17.5 Å². The lowest BCUT2D eigenvalue weighted by Gasteiger charge is -2.35. The van der Waals surface area contributed by atoms with E-state index in [0.717, 1.165) is 50.5 Å². The molecule has 166 valence electrons. The van der Waals surface area contributed by atoms with Gasteiger partial charge in [0.05, 0.1) is 6.20 Å². The molecule has 7 nitrogen and oxygen atoms in total. The van der Waals surface area contributed by atoms with Crippen LogP contribution in [-0.2, 0) is 11.3 Å². The molecule has 9 heteroatoms. The molecule has 0 radical (unpaired) electrons. The maximum absolute atomic E-state index is 13.4. The highest BCUT2D eigenvalue weighted by Crippen LogP contribution is 2.31. The lowest BCUT2D eigenvalue weighted by molar-refractivity contribution is 0.0818. The molecule has 0 spiro atoms. The van der Waals surface area contributed by atoms with Crippen molar-refractivity contribution in [2.24, 2.45) is 11.8 Å². The summed E-state index contributed by atoms with van der Waals surface area (Å²) in [5, 5.41) is 3.58. The van der Waals surface area contributed by atoms with E-state index in [-0.39, 0.29) is 23.8 Å². The van der Waals surface area contributed by atoms with Gasteiger partial charge in [-0.15, -0.1) is 0 Å². The van der Waals surface area contributed by atoms with Crippen molar-refractivity contribution in [1.29, 1.82) is 0 Å². The number of amides is 1. The Bertz CT molecular complexity index is 977. The van der Waals surface area contributed by atoms with Gasteiger partial charge in [0.15, 0.2) is 0 Å². The lowest BCUT2D eigenvalue weighted by Crippen LogP contribution is -2.55. The molecule has 4 heterocycles. The van der Waals surface area contributed by atoms with Crippen LogP contribution >= 0.6 is 11.6 Å². The molecular weight excluding hydrogens is 421 g/mol. The van der Waals surface area contributed by atoms with Crippen molar-refractivity contribution < 1.29 is 13.9 Å². The molecule has 3 atom stereocenters. The fourth-order valence-corrected chi connectivity index (χ4v) is 5.27. The molecule has 0 saturated carbocycles. The van der Waals surface area contributed by atoms with Crippen LogP contribution in [0, 0.1) is 17.7 Å². The molecule has 3 aliphatic heterocycles. The topological polar surface area (TPSA) is 71.4 Å². The number of nitrogens with zero attached hydrogens (tertiary/aromatic N) is 3. The molecule has 3 unspecified atom stereocenters. The van der Waals surface area contributed by atoms with Crippen LogP contribution < -0.4 is 10.7 Å². The van der Waals surface area contributed by atoms with Gasteiger partial charge in [-0.2, -0.15) is 0 Å². The number of fused-ring (bicyclic) bond motifs is 1. The first-order valence-corrected chi connectivity index (χ1v) is 11.3.